The van der Waals surface area contributed by atoms with Crippen molar-refractivity contribution in [1.82, 2.24) is 0 Å². The van der Waals surface area contributed by atoms with Crippen molar-refractivity contribution in [2.24, 2.45) is 5.92 Å². The molecule has 0 bridgehead atoms. The summed E-state index contributed by atoms with van der Waals surface area (Å²) in [5, 5.41) is 0. The first kappa shape index (κ1) is 12.3. The maximum atomic E-state index is 4.14. The standard InChI is InChI=1S/C15H24/c1-4-13(2)10-11-14(3)12-15-8-6-5-7-9-15/h4,10-11,15H,3,5-9,12H2,1-2H3/b11-10-,13-4-. The van der Waals surface area contributed by atoms with Crippen LogP contribution in [0.1, 0.15) is 52.4 Å². The van der Waals surface area contributed by atoms with Gasteiger partial charge in [-0.15, -0.1) is 0 Å². The first-order valence-corrected chi connectivity index (χ1v) is 6.21. The van der Waals surface area contributed by atoms with Crippen LogP contribution in [-0.2, 0) is 0 Å². The van der Waals surface area contributed by atoms with Crippen LogP contribution in [0, 0.1) is 5.92 Å². The molecule has 0 aromatic rings. The molecular weight excluding hydrogens is 180 g/mol. The summed E-state index contributed by atoms with van der Waals surface area (Å²) in [5.74, 6) is 0.904. The zero-order valence-corrected chi connectivity index (χ0v) is 10.3. The summed E-state index contributed by atoms with van der Waals surface area (Å²) in [7, 11) is 0. The Labute approximate surface area is 94.8 Å². The Morgan fingerprint density at radius 2 is 1.87 bits per heavy atom. The summed E-state index contributed by atoms with van der Waals surface area (Å²) in [6.07, 6.45) is 14.8. The van der Waals surface area contributed by atoms with E-state index in [1.165, 1.54) is 49.7 Å². The van der Waals surface area contributed by atoms with Gasteiger partial charge < -0.3 is 0 Å². The zero-order valence-electron chi connectivity index (χ0n) is 10.3. The highest BCUT2D eigenvalue weighted by Crippen LogP contribution is 2.28. The molecule has 0 spiro atoms. The molecule has 1 aliphatic carbocycles. The van der Waals surface area contributed by atoms with E-state index >= 15 is 0 Å². The van der Waals surface area contributed by atoms with Crippen LogP contribution in [0.2, 0.25) is 0 Å². The largest absolute Gasteiger partial charge is 0.0958 e. The lowest BCUT2D eigenvalue weighted by Crippen LogP contribution is -2.06. The molecule has 0 heterocycles. The van der Waals surface area contributed by atoms with E-state index in [9.17, 15) is 0 Å². The van der Waals surface area contributed by atoms with Gasteiger partial charge in [-0.05, 0) is 26.2 Å². The van der Waals surface area contributed by atoms with Crippen molar-refractivity contribution in [3.05, 3.63) is 36.0 Å². The van der Waals surface area contributed by atoms with E-state index in [2.05, 4.69) is 38.7 Å². The smallest absolute Gasteiger partial charge is 0.0256 e. The van der Waals surface area contributed by atoms with Gasteiger partial charge in [-0.3, -0.25) is 0 Å². The van der Waals surface area contributed by atoms with Gasteiger partial charge in [0.2, 0.25) is 0 Å². The summed E-state index contributed by atoms with van der Waals surface area (Å²) in [4.78, 5) is 0. The second kappa shape index (κ2) is 6.66. The van der Waals surface area contributed by atoms with Gasteiger partial charge in [0.25, 0.3) is 0 Å². The summed E-state index contributed by atoms with van der Waals surface area (Å²) in [6.45, 7) is 8.34. The minimum absolute atomic E-state index is 0.904. The van der Waals surface area contributed by atoms with Crippen molar-refractivity contribution in [2.75, 3.05) is 0 Å². The fourth-order valence-corrected chi connectivity index (χ4v) is 2.18. The average Bonchev–Trinajstić information content (AvgIpc) is 2.27. The predicted octanol–water partition coefficient (Wildman–Crippen LogP) is 5.04. The molecule has 0 unspecified atom stereocenters. The van der Waals surface area contributed by atoms with Crippen molar-refractivity contribution in [3.63, 3.8) is 0 Å². The molecule has 1 aliphatic rings. The van der Waals surface area contributed by atoms with Crippen LogP contribution in [0.5, 0.6) is 0 Å². The van der Waals surface area contributed by atoms with E-state index in [1.807, 2.05) is 0 Å². The number of rotatable bonds is 4. The molecule has 0 saturated heterocycles. The van der Waals surface area contributed by atoms with E-state index in [-0.39, 0.29) is 0 Å². The third kappa shape index (κ3) is 5.01. The number of hydrogen-bond donors (Lipinski definition) is 0. The van der Waals surface area contributed by atoms with Gasteiger partial charge in [0.05, 0.1) is 0 Å². The molecule has 0 N–H and O–H groups in total. The van der Waals surface area contributed by atoms with Crippen LogP contribution in [0.15, 0.2) is 36.0 Å². The lowest BCUT2D eigenvalue weighted by molar-refractivity contribution is 0.358. The molecule has 1 rings (SSSR count). The van der Waals surface area contributed by atoms with Gasteiger partial charge >= 0.3 is 0 Å². The van der Waals surface area contributed by atoms with Crippen LogP contribution >= 0.6 is 0 Å². The molecule has 1 saturated carbocycles. The molecule has 0 aromatic carbocycles. The highest BCUT2D eigenvalue weighted by atomic mass is 14.2. The lowest BCUT2D eigenvalue weighted by Gasteiger charge is -2.21. The molecule has 0 heteroatoms. The molecule has 0 nitrogen and oxygen atoms in total. The van der Waals surface area contributed by atoms with E-state index in [4.69, 9.17) is 0 Å². The monoisotopic (exact) mass is 204 g/mol. The predicted molar refractivity (Wildman–Crippen MR) is 68.9 cm³/mol. The second-order valence-corrected chi connectivity index (χ2v) is 4.73. The van der Waals surface area contributed by atoms with Crippen LogP contribution in [0.3, 0.4) is 0 Å². The normalized spacial score (nSPS) is 19.7. The zero-order chi connectivity index (χ0) is 11.1. The van der Waals surface area contributed by atoms with Gasteiger partial charge in [0, 0.05) is 0 Å². The number of hydrogen-bond acceptors (Lipinski definition) is 0. The van der Waals surface area contributed by atoms with Crippen molar-refractivity contribution in [2.45, 2.75) is 52.4 Å². The molecule has 1 fully saturated rings. The van der Waals surface area contributed by atoms with Crippen molar-refractivity contribution in [3.8, 4) is 0 Å². The molecular formula is C15H24. The first-order valence-electron chi connectivity index (χ1n) is 6.21. The first-order chi connectivity index (χ1) is 7.22. The van der Waals surface area contributed by atoms with Crippen molar-refractivity contribution >= 4 is 0 Å². The average molecular weight is 204 g/mol. The van der Waals surface area contributed by atoms with Gasteiger partial charge in [-0.1, -0.05) is 68.1 Å². The Morgan fingerprint density at radius 1 is 1.20 bits per heavy atom. The van der Waals surface area contributed by atoms with E-state index in [1.54, 1.807) is 0 Å². The topological polar surface area (TPSA) is 0 Å². The Balaban J connectivity index is 2.31. The molecule has 84 valence electrons. The fourth-order valence-electron chi connectivity index (χ4n) is 2.18. The van der Waals surface area contributed by atoms with Gasteiger partial charge in [0.15, 0.2) is 0 Å². The molecule has 0 amide bonds. The van der Waals surface area contributed by atoms with Crippen LogP contribution < -0.4 is 0 Å². The molecule has 0 aromatic heterocycles. The van der Waals surface area contributed by atoms with Gasteiger partial charge in [-0.25, -0.2) is 0 Å². The second-order valence-electron chi connectivity index (χ2n) is 4.73. The Morgan fingerprint density at radius 3 is 2.47 bits per heavy atom. The lowest BCUT2D eigenvalue weighted by atomic mass is 9.85. The third-order valence-corrected chi connectivity index (χ3v) is 3.31. The van der Waals surface area contributed by atoms with Gasteiger partial charge in [0.1, 0.15) is 0 Å². The quantitative estimate of drug-likeness (QED) is 0.563. The maximum absolute atomic E-state index is 4.14. The van der Waals surface area contributed by atoms with Gasteiger partial charge in [-0.2, -0.15) is 0 Å². The highest BCUT2D eigenvalue weighted by Gasteiger charge is 2.13. The van der Waals surface area contributed by atoms with Crippen LogP contribution in [0.25, 0.3) is 0 Å². The minimum atomic E-state index is 0.904. The Kier molecular flexibility index (Phi) is 5.45. The van der Waals surface area contributed by atoms with Crippen LogP contribution in [0.4, 0.5) is 0 Å². The van der Waals surface area contributed by atoms with Crippen molar-refractivity contribution in [1.29, 1.82) is 0 Å². The molecule has 0 atom stereocenters. The summed E-state index contributed by atoms with van der Waals surface area (Å²) >= 11 is 0. The van der Waals surface area contributed by atoms with E-state index in [0.29, 0.717) is 0 Å². The molecule has 15 heavy (non-hydrogen) atoms. The number of allylic oxidation sites excluding steroid dienone is 5. The van der Waals surface area contributed by atoms with E-state index < -0.39 is 0 Å². The Bertz CT molecular complexity index is 249. The minimum Gasteiger partial charge on any atom is -0.0958 e. The summed E-state index contributed by atoms with van der Waals surface area (Å²) < 4.78 is 0. The molecule has 0 aliphatic heterocycles. The van der Waals surface area contributed by atoms with E-state index in [0.717, 1.165) is 5.92 Å². The summed E-state index contributed by atoms with van der Waals surface area (Å²) in [6, 6.07) is 0. The molecule has 0 radical (unpaired) electrons. The highest BCUT2D eigenvalue weighted by molar-refractivity contribution is 5.24. The maximum Gasteiger partial charge on any atom is -0.0256 e. The van der Waals surface area contributed by atoms with Crippen LogP contribution in [-0.4, -0.2) is 0 Å². The Hall–Kier alpha value is -0.780. The third-order valence-electron chi connectivity index (χ3n) is 3.31. The SMILES string of the molecule is C=C(/C=C\C(C)=C/C)CC1CCCCC1. The fraction of sp³-hybridized carbons (Fsp3) is 0.600. The summed E-state index contributed by atoms with van der Waals surface area (Å²) in [5.41, 5.74) is 2.61. The van der Waals surface area contributed by atoms with Crippen molar-refractivity contribution < 1.29 is 0 Å².